The summed E-state index contributed by atoms with van der Waals surface area (Å²) >= 11 is 0. The molecule has 4 rings (SSSR count). The lowest BCUT2D eigenvalue weighted by molar-refractivity contribution is -0.128. The largest absolute Gasteiger partial charge is 0.342 e. The maximum absolute atomic E-state index is 11.2. The predicted octanol–water partition coefficient (Wildman–Crippen LogP) is 3.24. The molecular formula is C21H22N6O2. The fraction of sp³-hybridized carbons (Fsp3) is 0.238. The van der Waals surface area contributed by atoms with E-state index in [4.69, 9.17) is 5.21 Å². The summed E-state index contributed by atoms with van der Waals surface area (Å²) in [7, 11) is 0. The Morgan fingerprint density at radius 2 is 2.14 bits per heavy atom. The number of rotatable bonds is 7. The normalized spacial score (nSPS) is 14.8. The number of para-hydroxylation sites is 1. The van der Waals surface area contributed by atoms with E-state index in [9.17, 15) is 4.79 Å². The smallest absolute Gasteiger partial charge is 0.247 e. The van der Waals surface area contributed by atoms with Crippen molar-refractivity contribution in [1.29, 1.82) is 0 Å². The third kappa shape index (κ3) is 4.49. The lowest BCUT2D eigenvalue weighted by Crippen LogP contribution is -2.19. The van der Waals surface area contributed by atoms with Crippen LogP contribution in [0, 0.1) is 0 Å². The molecule has 0 radical (unpaired) electrons. The molecule has 2 aromatic heterocycles. The van der Waals surface area contributed by atoms with Crippen LogP contribution in [0.25, 0.3) is 10.9 Å². The van der Waals surface area contributed by atoms with E-state index in [2.05, 4.69) is 50.2 Å². The number of fused-ring (bicyclic) bond motifs is 1. The summed E-state index contributed by atoms with van der Waals surface area (Å²) in [4.78, 5) is 15.4. The highest BCUT2D eigenvalue weighted by molar-refractivity contribution is 5.81. The van der Waals surface area contributed by atoms with Crippen LogP contribution in [0.15, 0.2) is 77.0 Å². The van der Waals surface area contributed by atoms with Crippen molar-refractivity contribution in [3.05, 3.63) is 77.9 Å². The van der Waals surface area contributed by atoms with E-state index in [0.717, 1.165) is 18.7 Å². The minimum absolute atomic E-state index is 0.0735. The first-order valence-corrected chi connectivity index (χ1v) is 9.47. The van der Waals surface area contributed by atoms with Crippen molar-refractivity contribution in [2.75, 3.05) is 6.54 Å². The third-order valence-corrected chi connectivity index (χ3v) is 4.88. The van der Waals surface area contributed by atoms with Crippen molar-refractivity contribution in [3.63, 3.8) is 0 Å². The van der Waals surface area contributed by atoms with E-state index in [1.165, 1.54) is 16.5 Å². The van der Waals surface area contributed by atoms with Gasteiger partial charge in [-0.25, -0.2) is 5.48 Å². The Morgan fingerprint density at radius 1 is 1.24 bits per heavy atom. The first-order chi connectivity index (χ1) is 14.2. The van der Waals surface area contributed by atoms with Gasteiger partial charge in [-0.2, -0.15) is 0 Å². The number of nitrogens with zero attached hydrogens (tertiary/aromatic N) is 5. The van der Waals surface area contributed by atoms with Crippen molar-refractivity contribution in [2.45, 2.75) is 25.9 Å². The Hall–Kier alpha value is -3.52. The van der Waals surface area contributed by atoms with Gasteiger partial charge in [-0.1, -0.05) is 29.5 Å². The number of hydrogen-bond acceptors (Lipinski definition) is 6. The van der Waals surface area contributed by atoms with Gasteiger partial charge in [0.15, 0.2) is 0 Å². The Bertz CT molecular complexity index is 1060. The van der Waals surface area contributed by atoms with Crippen molar-refractivity contribution in [2.24, 2.45) is 10.3 Å². The minimum Gasteiger partial charge on any atom is -0.342 e. The number of pyridine rings is 1. The molecule has 0 spiro atoms. The molecular weight excluding hydrogens is 368 g/mol. The molecule has 1 aromatic carbocycles. The molecule has 1 amide bonds. The number of aryl methyl sites for hydroxylation is 2. The highest BCUT2D eigenvalue weighted by Gasteiger charge is 2.17. The quantitative estimate of drug-likeness (QED) is 0.478. The number of amides is 1. The number of carbonyl (C=O) groups is 1. The Labute approximate surface area is 168 Å². The van der Waals surface area contributed by atoms with E-state index in [0.29, 0.717) is 18.8 Å². The molecule has 29 heavy (non-hydrogen) atoms. The molecule has 0 unspecified atom stereocenters. The lowest BCUT2D eigenvalue weighted by atomic mass is 10.2. The topological polar surface area (TPSA) is 95.1 Å². The highest BCUT2D eigenvalue weighted by atomic mass is 16.5. The van der Waals surface area contributed by atoms with Crippen molar-refractivity contribution < 1.29 is 10.0 Å². The number of hydroxylamine groups is 1. The number of carbonyl (C=O) groups excluding carboxylic acids is 1. The molecule has 3 heterocycles. The maximum atomic E-state index is 11.2. The molecule has 148 valence electrons. The summed E-state index contributed by atoms with van der Waals surface area (Å²) < 4.78 is 2.32. The fourth-order valence-electron chi connectivity index (χ4n) is 3.46. The van der Waals surface area contributed by atoms with Crippen LogP contribution in [-0.2, 0) is 24.3 Å². The molecule has 0 saturated heterocycles. The zero-order valence-corrected chi connectivity index (χ0v) is 15.9. The van der Waals surface area contributed by atoms with Gasteiger partial charge < -0.3 is 4.57 Å². The molecule has 0 fully saturated rings. The third-order valence-electron chi connectivity index (χ3n) is 4.88. The van der Waals surface area contributed by atoms with Gasteiger partial charge in [-0.15, -0.1) is 5.11 Å². The molecule has 3 aromatic rings. The molecule has 8 nitrogen and oxygen atoms in total. The first-order valence-electron chi connectivity index (χ1n) is 9.47. The van der Waals surface area contributed by atoms with Gasteiger partial charge in [0, 0.05) is 36.6 Å². The average Bonchev–Trinajstić information content (AvgIpc) is 3.35. The molecule has 1 aliphatic heterocycles. The van der Waals surface area contributed by atoms with Crippen LogP contribution in [0.5, 0.6) is 0 Å². The van der Waals surface area contributed by atoms with Gasteiger partial charge in [-0.05, 0) is 41.6 Å². The van der Waals surface area contributed by atoms with Crippen LogP contribution in [0.3, 0.4) is 0 Å². The van der Waals surface area contributed by atoms with Gasteiger partial charge in [0.05, 0.1) is 18.8 Å². The lowest BCUT2D eigenvalue weighted by Gasteiger charge is -2.15. The second kappa shape index (κ2) is 8.66. The van der Waals surface area contributed by atoms with Crippen LogP contribution < -0.4 is 5.48 Å². The van der Waals surface area contributed by atoms with Gasteiger partial charge in [-0.3, -0.25) is 20.0 Å². The van der Waals surface area contributed by atoms with Gasteiger partial charge >= 0.3 is 0 Å². The summed E-state index contributed by atoms with van der Waals surface area (Å²) in [6, 6.07) is 14.6. The van der Waals surface area contributed by atoms with E-state index < -0.39 is 5.91 Å². The summed E-state index contributed by atoms with van der Waals surface area (Å²) in [6.07, 6.45) is 6.33. The number of aromatic nitrogens is 2. The van der Waals surface area contributed by atoms with E-state index >= 15 is 0 Å². The number of hydrogen-bond donors (Lipinski definition) is 2. The van der Waals surface area contributed by atoms with E-state index in [1.807, 2.05) is 23.3 Å². The molecule has 0 aliphatic carbocycles. The molecule has 0 bridgehead atoms. The Morgan fingerprint density at radius 3 is 2.97 bits per heavy atom. The average molecular weight is 390 g/mol. The monoisotopic (exact) mass is 390 g/mol. The zero-order valence-electron chi connectivity index (χ0n) is 15.9. The van der Waals surface area contributed by atoms with Gasteiger partial charge in [0.2, 0.25) is 5.91 Å². The highest BCUT2D eigenvalue weighted by Crippen LogP contribution is 2.24. The summed E-state index contributed by atoms with van der Waals surface area (Å²) in [5, 5.41) is 20.0. The molecule has 0 saturated carbocycles. The second-order valence-corrected chi connectivity index (χ2v) is 6.90. The zero-order chi connectivity index (χ0) is 20.1. The number of benzene rings is 1. The second-order valence-electron chi connectivity index (χ2n) is 6.90. The molecule has 2 N–H and O–H groups in total. The Balaban J connectivity index is 1.50. The van der Waals surface area contributed by atoms with Crippen LogP contribution in [0.4, 0.5) is 0 Å². The standard InChI is InChI=1S/C21H22N6O2/c28-21(24-29)8-7-18-14-26(25-23-18)15-19-12-17-5-1-2-6-20(17)27(19)11-9-16-4-3-10-22-13-16/h1-7,10,12-13,29H,8-9,11,14-15H2,(H,24,28)/b18-7-. The van der Waals surface area contributed by atoms with Crippen LogP contribution >= 0.6 is 0 Å². The molecule has 1 aliphatic rings. The fourth-order valence-corrected chi connectivity index (χ4v) is 3.46. The minimum atomic E-state index is -0.471. The predicted molar refractivity (Wildman–Crippen MR) is 108 cm³/mol. The van der Waals surface area contributed by atoms with Crippen molar-refractivity contribution >= 4 is 16.8 Å². The molecule has 8 heteroatoms. The van der Waals surface area contributed by atoms with Gasteiger partial charge in [0.1, 0.15) is 0 Å². The van der Waals surface area contributed by atoms with E-state index in [-0.39, 0.29) is 6.42 Å². The summed E-state index contributed by atoms with van der Waals surface area (Å²) in [5.74, 6) is -0.471. The summed E-state index contributed by atoms with van der Waals surface area (Å²) in [6.45, 7) is 2.00. The van der Waals surface area contributed by atoms with Crippen molar-refractivity contribution in [3.8, 4) is 0 Å². The number of nitrogens with one attached hydrogen (secondary N) is 1. The molecule has 0 atom stereocenters. The van der Waals surface area contributed by atoms with Crippen LogP contribution in [-0.4, -0.2) is 32.2 Å². The van der Waals surface area contributed by atoms with E-state index in [1.54, 1.807) is 17.8 Å². The van der Waals surface area contributed by atoms with Gasteiger partial charge in [0.25, 0.3) is 0 Å². The SMILES string of the molecule is O=C(C/C=C1/CN(Cc2cc3ccccc3n2CCc2cccnc2)N=N1)NO. The first kappa shape index (κ1) is 18.8. The Kier molecular flexibility index (Phi) is 5.62. The maximum Gasteiger partial charge on any atom is 0.247 e. The van der Waals surface area contributed by atoms with Crippen LogP contribution in [0.1, 0.15) is 17.7 Å². The van der Waals surface area contributed by atoms with Crippen molar-refractivity contribution in [1.82, 2.24) is 20.0 Å². The summed E-state index contributed by atoms with van der Waals surface area (Å²) in [5.41, 5.74) is 5.87. The van der Waals surface area contributed by atoms with Crippen LogP contribution in [0.2, 0.25) is 0 Å².